The van der Waals surface area contributed by atoms with Gasteiger partial charge in [0.15, 0.2) is 11.5 Å². The maximum absolute atomic E-state index is 12.5. The Balaban J connectivity index is 1.47. The maximum atomic E-state index is 12.5. The van der Waals surface area contributed by atoms with Gasteiger partial charge in [-0.1, -0.05) is 18.2 Å². The molecule has 1 aliphatic heterocycles. The van der Waals surface area contributed by atoms with Gasteiger partial charge >= 0.3 is 6.18 Å². The van der Waals surface area contributed by atoms with E-state index in [0.29, 0.717) is 30.0 Å². The van der Waals surface area contributed by atoms with Crippen molar-refractivity contribution in [1.29, 1.82) is 0 Å². The molecule has 2 aromatic carbocycles. The van der Waals surface area contributed by atoms with Crippen LogP contribution in [0.15, 0.2) is 48.5 Å². The molecule has 1 heterocycles. The third-order valence-corrected chi connectivity index (χ3v) is 3.82. The summed E-state index contributed by atoms with van der Waals surface area (Å²) in [4.78, 5) is 11.8. The van der Waals surface area contributed by atoms with Crippen molar-refractivity contribution >= 4 is 12.0 Å². The number of fused-ring (bicyclic) bond motifs is 1. The van der Waals surface area contributed by atoms with Gasteiger partial charge in [0.1, 0.15) is 0 Å². The van der Waals surface area contributed by atoms with Crippen LogP contribution >= 0.6 is 0 Å². The number of amides is 1. The molecule has 7 heteroatoms. The molecule has 1 N–H and O–H groups in total. The number of halogens is 3. The molecule has 26 heavy (non-hydrogen) atoms. The van der Waals surface area contributed by atoms with Gasteiger partial charge in [-0.15, -0.1) is 0 Å². The van der Waals surface area contributed by atoms with E-state index in [1.54, 1.807) is 0 Å². The van der Waals surface area contributed by atoms with Crippen molar-refractivity contribution in [1.82, 2.24) is 5.32 Å². The highest BCUT2D eigenvalue weighted by molar-refractivity contribution is 5.91. The summed E-state index contributed by atoms with van der Waals surface area (Å²) < 4.78 is 48.0. The second kappa shape index (κ2) is 7.51. The van der Waals surface area contributed by atoms with Gasteiger partial charge in [-0.2, -0.15) is 13.2 Å². The Hall–Kier alpha value is -2.96. The zero-order valence-electron chi connectivity index (χ0n) is 13.7. The van der Waals surface area contributed by atoms with E-state index in [4.69, 9.17) is 9.47 Å². The lowest BCUT2D eigenvalue weighted by Crippen LogP contribution is -2.23. The van der Waals surface area contributed by atoms with Crippen molar-refractivity contribution in [2.24, 2.45) is 0 Å². The first-order valence-electron chi connectivity index (χ1n) is 7.93. The number of ether oxygens (including phenoxy) is 2. The van der Waals surface area contributed by atoms with Crippen LogP contribution in [0.25, 0.3) is 6.08 Å². The molecule has 0 fully saturated rings. The molecule has 0 spiro atoms. The fourth-order valence-electron chi connectivity index (χ4n) is 2.44. The van der Waals surface area contributed by atoms with Gasteiger partial charge < -0.3 is 14.8 Å². The molecular formula is C19H16F3NO3. The van der Waals surface area contributed by atoms with Crippen LogP contribution < -0.4 is 14.8 Å². The quantitative estimate of drug-likeness (QED) is 0.822. The SMILES string of the molecule is O=C(C=Cc1ccc(C(F)(F)F)cc1)NCCc1ccc2c(c1)OCO2. The summed E-state index contributed by atoms with van der Waals surface area (Å²) in [5, 5.41) is 2.73. The van der Waals surface area contributed by atoms with Crippen molar-refractivity contribution in [3.63, 3.8) is 0 Å². The average Bonchev–Trinajstić information content (AvgIpc) is 3.07. The van der Waals surface area contributed by atoms with E-state index in [-0.39, 0.29) is 12.7 Å². The number of hydrogen-bond acceptors (Lipinski definition) is 3. The molecule has 0 unspecified atom stereocenters. The van der Waals surface area contributed by atoms with Crippen LogP contribution in [-0.4, -0.2) is 19.2 Å². The number of carbonyl (C=O) groups excluding carboxylic acids is 1. The van der Waals surface area contributed by atoms with Crippen molar-refractivity contribution in [2.45, 2.75) is 12.6 Å². The minimum Gasteiger partial charge on any atom is -0.454 e. The minimum atomic E-state index is -4.37. The topological polar surface area (TPSA) is 47.6 Å². The summed E-state index contributed by atoms with van der Waals surface area (Å²) in [7, 11) is 0. The van der Waals surface area contributed by atoms with Gasteiger partial charge in [-0.25, -0.2) is 0 Å². The van der Waals surface area contributed by atoms with Crippen LogP contribution in [0, 0.1) is 0 Å². The third-order valence-electron chi connectivity index (χ3n) is 3.82. The largest absolute Gasteiger partial charge is 0.454 e. The predicted molar refractivity (Wildman–Crippen MR) is 89.8 cm³/mol. The Bertz CT molecular complexity index is 814. The van der Waals surface area contributed by atoms with E-state index < -0.39 is 11.7 Å². The number of benzene rings is 2. The van der Waals surface area contributed by atoms with Gasteiger partial charge in [0.25, 0.3) is 0 Å². The second-order valence-corrected chi connectivity index (χ2v) is 5.68. The number of rotatable bonds is 5. The number of nitrogens with one attached hydrogen (secondary N) is 1. The highest BCUT2D eigenvalue weighted by Crippen LogP contribution is 2.32. The molecule has 0 bridgehead atoms. The van der Waals surface area contributed by atoms with E-state index in [2.05, 4.69) is 5.32 Å². The molecule has 4 nitrogen and oxygen atoms in total. The lowest BCUT2D eigenvalue weighted by atomic mass is 10.1. The molecule has 0 saturated carbocycles. The maximum Gasteiger partial charge on any atom is 0.416 e. The smallest absolute Gasteiger partial charge is 0.416 e. The molecule has 0 radical (unpaired) electrons. The number of carbonyl (C=O) groups is 1. The molecule has 0 saturated heterocycles. The first kappa shape index (κ1) is 17.8. The lowest BCUT2D eigenvalue weighted by molar-refractivity contribution is -0.137. The summed E-state index contributed by atoms with van der Waals surface area (Å²) >= 11 is 0. The Labute approximate surface area is 148 Å². The number of alkyl halides is 3. The van der Waals surface area contributed by atoms with Gasteiger partial charge in [-0.05, 0) is 47.9 Å². The van der Waals surface area contributed by atoms with Crippen LogP contribution in [0.2, 0.25) is 0 Å². The van der Waals surface area contributed by atoms with E-state index in [1.165, 1.54) is 24.3 Å². The van der Waals surface area contributed by atoms with Gasteiger partial charge in [0, 0.05) is 12.6 Å². The molecule has 0 aromatic heterocycles. The highest BCUT2D eigenvalue weighted by Gasteiger charge is 2.29. The summed E-state index contributed by atoms with van der Waals surface area (Å²) in [6, 6.07) is 10.2. The molecule has 1 amide bonds. The van der Waals surface area contributed by atoms with E-state index in [0.717, 1.165) is 17.7 Å². The normalized spacial score (nSPS) is 13.2. The van der Waals surface area contributed by atoms with Crippen molar-refractivity contribution in [3.05, 3.63) is 65.2 Å². The summed E-state index contributed by atoms with van der Waals surface area (Å²) in [5.74, 6) is 1.08. The first-order chi connectivity index (χ1) is 12.4. The molecule has 0 atom stereocenters. The molecule has 0 aliphatic carbocycles. The molecule has 2 aromatic rings. The van der Waals surface area contributed by atoms with Crippen LogP contribution in [0.5, 0.6) is 11.5 Å². The zero-order chi connectivity index (χ0) is 18.6. The van der Waals surface area contributed by atoms with Crippen molar-refractivity contribution in [2.75, 3.05) is 13.3 Å². The van der Waals surface area contributed by atoms with Gasteiger partial charge in [-0.3, -0.25) is 4.79 Å². The third kappa shape index (κ3) is 4.56. The average molecular weight is 363 g/mol. The van der Waals surface area contributed by atoms with Crippen LogP contribution in [0.4, 0.5) is 13.2 Å². The Morgan fingerprint density at radius 3 is 2.54 bits per heavy atom. The van der Waals surface area contributed by atoms with Crippen molar-refractivity contribution < 1.29 is 27.4 Å². The summed E-state index contributed by atoms with van der Waals surface area (Å²) in [5.41, 5.74) is 0.799. The van der Waals surface area contributed by atoms with Crippen LogP contribution in [0.1, 0.15) is 16.7 Å². The zero-order valence-corrected chi connectivity index (χ0v) is 13.7. The van der Waals surface area contributed by atoms with E-state index in [1.807, 2.05) is 18.2 Å². The molecular weight excluding hydrogens is 347 g/mol. The van der Waals surface area contributed by atoms with Gasteiger partial charge in [0.05, 0.1) is 5.56 Å². The Morgan fingerprint density at radius 1 is 1.08 bits per heavy atom. The van der Waals surface area contributed by atoms with Crippen molar-refractivity contribution in [3.8, 4) is 11.5 Å². The first-order valence-corrected chi connectivity index (χ1v) is 7.93. The highest BCUT2D eigenvalue weighted by atomic mass is 19.4. The fourth-order valence-corrected chi connectivity index (χ4v) is 2.44. The minimum absolute atomic E-state index is 0.213. The molecule has 3 rings (SSSR count). The van der Waals surface area contributed by atoms with E-state index in [9.17, 15) is 18.0 Å². The Morgan fingerprint density at radius 2 is 1.81 bits per heavy atom. The second-order valence-electron chi connectivity index (χ2n) is 5.68. The van der Waals surface area contributed by atoms with Crippen LogP contribution in [-0.2, 0) is 17.4 Å². The predicted octanol–water partition coefficient (Wildman–Crippen LogP) is 3.81. The van der Waals surface area contributed by atoms with E-state index >= 15 is 0 Å². The lowest BCUT2D eigenvalue weighted by Gasteiger charge is -2.06. The number of hydrogen-bond donors (Lipinski definition) is 1. The summed E-state index contributed by atoms with van der Waals surface area (Å²) in [6.45, 7) is 0.639. The van der Waals surface area contributed by atoms with Gasteiger partial charge in [0.2, 0.25) is 12.7 Å². The van der Waals surface area contributed by atoms with Crippen LogP contribution in [0.3, 0.4) is 0 Å². The Kier molecular flexibility index (Phi) is 5.16. The monoisotopic (exact) mass is 363 g/mol. The molecule has 1 aliphatic rings. The molecule has 136 valence electrons. The summed E-state index contributed by atoms with van der Waals surface area (Å²) in [6.07, 6.45) is -0.983. The fraction of sp³-hybridized carbons (Fsp3) is 0.211. The standard InChI is InChI=1S/C19H16F3NO3/c20-19(21,22)15-5-1-13(2-6-15)4-8-18(24)23-10-9-14-3-7-16-17(11-14)26-12-25-16/h1-8,11H,9-10,12H2,(H,23,24).